The number of likely N-dealkylation sites (tertiary alicyclic amines) is 1. The number of hydrogen-bond acceptors (Lipinski definition) is 9. The minimum absolute atomic E-state index is 0.00733. The minimum Gasteiger partial charge on any atom is -0.508 e. The summed E-state index contributed by atoms with van der Waals surface area (Å²) in [5, 5.41) is 29.6. The molecule has 3 N–H and O–H groups in total. The molecular weight excluding hydrogens is 444 g/mol. The molecule has 1 saturated heterocycles. The van der Waals surface area contributed by atoms with Crippen LogP contribution in [0, 0.1) is 4.91 Å². The number of aromatic nitrogens is 1. The van der Waals surface area contributed by atoms with Crippen LogP contribution in [0.1, 0.15) is 29.8 Å². The Kier molecular flexibility index (Phi) is 6.72. The lowest BCUT2D eigenvalue weighted by Gasteiger charge is -2.14. The molecule has 0 saturated carbocycles. The van der Waals surface area contributed by atoms with Crippen LogP contribution < -0.4 is 10.1 Å². The van der Waals surface area contributed by atoms with Gasteiger partial charge in [0.05, 0.1) is 0 Å². The molecule has 1 aromatic heterocycles. The second-order valence-electron chi connectivity index (χ2n) is 7.70. The zero-order valence-electron chi connectivity index (χ0n) is 18.1. The molecule has 1 aliphatic rings. The highest BCUT2D eigenvalue weighted by Gasteiger charge is 2.22. The fourth-order valence-corrected chi connectivity index (χ4v) is 3.62. The van der Waals surface area contributed by atoms with Gasteiger partial charge in [0.2, 0.25) is 5.91 Å². The largest absolute Gasteiger partial charge is 0.508 e. The number of carbonyl (C=O) groups excluding carboxylic acids is 2. The van der Waals surface area contributed by atoms with Gasteiger partial charge in [-0.2, -0.15) is 0 Å². The summed E-state index contributed by atoms with van der Waals surface area (Å²) in [4.78, 5) is 36.4. The zero-order valence-corrected chi connectivity index (χ0v) is 18.1. The van der Waals surface area contributed by atoms with Crippen LogP contribution in [0.15, 0.2) is 52.2 Å². The van der Waals surface area contributed by atoms with Crippen molar-refractivity contribution in [2.24, 2.45) is 5.18 Å². The van der Waals surface area contributed by atoms with Crippen molar-refractivity contribution in [1.82, 2.24) is 15.4 Å². The fourth-order valence-electron chi connectivity index (χ4n) is 3.62. The summed E-state index contributed by atoms with van der Waals surface area (Å²) < 4.78 is 11.0. The molecule has 3 aromatic rings. The Bertz CT molecular complexity index is 1210. The molecule has 2 aromatic carbocycles. The molecule has 1 aliphatic heterocycles. The number of aromatic hydroxyl groups is 2. The second kappa shape index (κ2) is 10.0. The van der Waals surface area contributed by atoms with Gasteiger partial charge in [0.1, 0.15) is 34.2 Å². The Morgan fingerprint density at radius 3 is 2.71 bits per heavy atom. The van der Waals surface area contributed by atoms with E-state index in [9.17, 15) is 24.7 Å². The number of benzene rings is 2. The highest BCUT2D eigenvalue weighted by Crippen LogP contribution is 2.43. The van der Waals surface area contributed by atoms with Crippen LogP contribution in [0.5, 0.6) is 23.0 Å². The third-order valence-electron chi connectivity index (χ3n) is 5.29. The molecule has 176 valence electrons. The van der Waals surface area contributed by atoms with Crippen molar-refractivity contribution in [1.29, 1.82) is 0 Å². The van der Waals surface area contributed by atoms with Crippen LogP contribution in [0.4, 0.5) is 5.69 Å². The molecular formula is C23H22N4O7. The highest BCUT2D eigenvalue weighted by molar-refractivity contribution is 5.93. The molecule has 34 heavy (non-hydrogen) atoms. The van der Waals surface area contributed by atoms with Crippen molar-refractivity contribution in [3.63, 3.8) is 0 Å². The standard InChI is InChI=1S/C23H22N4O7/c28-15-11-18(29)22(19(12-15)33-16-6-4-14(25-32)5-7-16)20-13-17(26-34-20)23(31)24-8-2-10-27-9-1-3-21(27)30/h4-7,11-13,28-29H,1-3,8-10H2,(H,24,31). The SMILES string of the molecule is O=Nc1ccc(Oc2cc(O)cc(O)c2-c2cc(C(=O)NCCCN3CCCC3=O)no2)cc1. The number of nitrogens with zero attached hydrogens (tertiary/aromatic N) is 3. The number of amides is 2. The lowest BCUT2D eigenvalue weighted by atomic mass is 10.1. The Labute approximate surface area is 193 Å². The Morgan fingerprint density at radius 2 is 2.00 bits per heavy atom. The maximum absolute atomic E-state index is 12.4. The predicted octanol–water partition coefficient (Wildman–Crippen LogP) is 3.69. The maximum Gasteiger partial charge on any atom is 0.273 e. The molecule has 2 heterocycles. The third kappa shape index (κ3) is 5.14. The summed E-state index contributed by atoms with van der Waals surface area (Å²) in [7, 11) is 0. The van der Waals surface area contributed by atoms with Crippen LogP contribution in [0.2, 0.25) is 0 Å². The van der Waals surface area contributed by atoms with Gasteiger partial charge >= 0.3 is 0 Å². The van der Waals surface area contributed by atoms with E-state index < -0.39 is 5.91 Å². The molecule has 11 nitrogen and oxygen atoms in total. The quantitative estimate of drug-likeness (QED) is 0.319. The van der Waals surface area contributed by atoms with E-state index in [1.165, 1.54) is 36.4 Å². The van der Waals surface area contributed by atoms with E-state index in [1.54, 1.807) is 4.90 Å². The Balaban J connectivity index is 1.45. The summed E-state index contributed by atoms with van der Waals surface area (Å²) in [5.74, 6) is -0.534. The first-order chi connectivity index (χ1) is 16.4. The van der Waals surface area contributed by atoms with Crippen LogP contribution in [0.3, 0.4) is 0 Å². The van der Waals surface area contributed by atoms with Crippen molar-refractivity contribution >= 4 is 17.5 Å². The number of phenolic OH excluding ortho intramolecular Hbond substituents is 2. The smallest absolute Gasteiger partial charge is 0.273 e. The summed E-state index contributed by atoms with van der Waals surface area (Å²) in [5.41, 5.74) is 0.283. The van der Waals surface area contributed by atoms with Gasteiger partial charge in [-0.3, -0.25) is 9.59 Å². The first kappa shape index (κ1) is 22.8. The summed E-state index contributed by atoms with van der Waals surface area (Å²) >= 11 is 0. The van der Waals surface area contributed by atoms with Crippen molar-refractivity contribution < 1.29 is 29.1 Å². The maximum atomic E-state index is 12.4. The molecule has 0 bridgehead atoms. The van der Waals surface area contributed by atoms with Gasteiger partial charge in [0.25, 0.3) is 5.91 Å². The van der Waals surface area contributed by atoms with E-state index in [0.717, 1.165) is 19.0 Å². The van der Waals surface area contributed by atoms with E-state index >= 15 is 0 Å². The molecule has 1 fully saturated rings. The molecule has 0 atom stereocenters. The van der Waals surface area contributed by atoms with Crippen LogP contribution in [0.25, 0.3) is 11.3 Å². The van der Waals surface area contributed by atoms with Gasteiger partial charge in [-0.1, -0.05) is 5.16 Å². The lowest BCUT2D eigenvalue weighted by Crippen LogP contribution is -2.30. The van der Waals surface area contributed by atoms with E-state index in [2.05, 4.69) is 15.7 Å². The van der Waals surface area contributed by atoms with Crippen LogP contribution in [-0.2, 0) is 4.79 Å². The average molecular weight is 466 g/mol. The van der Waals surface area contributed by atoms with Crippen molar-refractivity contribution in [3.05, 3.63) is 53.1 Å². The van der Waals surface area contributed by atoms with E-state index in [4.69, 9.17) is 9.26 Å². The summed E-state index contributed by atoms with van der Waals surface area (Å²) in [6, 6.07) is 9.60. The average Bonchev–Trinajstić information content (AvgIpc) is 3.46. The first-order valence-corrected chi connectivity index (χ1v) is 10.6. The molecule has 0 unspecified atom stereocenters. The van der Waals surface area contributed by atoms with E-state index in [-0.39, 0.29) is 45.9 Å². The van der Waals surface area contributed by atoms with Crippen molar-refractivity contribution in [3.8, 4) is 34.3 Å². The molecule has 2 amide bonds. The predicted molar refractivity (Wildman–Crippen MR) is 120 cm³/mol. The molecule has 11 heteroatoms. The topological polar surface area (TPSA) is 155 Å². The Hall–Kier alpha value is -4.41. The van der Waals surface area contributed by atoms with Gasteiger partial charge in [-0.25, -0.2) is 0 Å². The first-order valence-electron chi connectivity index (χ1n) is 10.6. The van der Waals surface area contributed by atoms with E-state index in [0.29, 0.717) is 31.7 Å². The highest BCUT2D eigenvalue weighted by atomic mass is 16.5. The third-order valence-corrected chi connectivity index (χ3v) is 5.29. The van der Waals surface area contributed by atoms with Gasteiger partial charge < -0.3 is 29.7 Å². The second-order valence-corrected chi connectivity index (χ2v) is 7.70. The molecule has 0 aliphatic carbocycles. The molecule has 0 radical (unpaired) electrons. The van der Waals surface area contributed by atoms with Gasteiger partial charge in [0.15, 0.2) is 11.5 Å². The number of carbonyl (C=O) groups is 2. The summed E-state index contributed by atoms with van der Waals surface area (Å²) in [6.45, 7) is 1.68. The van der Waals surface area contributed by atoms with Crippen LogP contribution >= 0.6 is 0 Å². The number of phenols is 2. The monoisotopic (exact) mass is 466 g/mol. The molecule has 0 spiro atoms. The van der Waals surface area contributed by atoms with Gasteiger partial charge in [0, 0.05) is 44.3 Å². The Morgan fingerprint density at radius 1 is 1.21 bits per heavy atom. The van der Waals surface area contributed by atoms with Crippen LogP contribution in [-0.4, -0.2) is 51.7 Å². The number of nitrogens with one attached hydrogen (secondary N) is 1. The molecule has 4 rings (SSSR count). The zero-order chi connectivity index (χ0) is 24.1. The fraction of sp³-hybridized carbons (Fsp3) is 0.261. The van der Waals surface area contributed by atoms with Gasteiger partial charge in [-0.15, -0.1) is 4.91 Å². The van der Waals surface area contributed by atoms with Crippen molar-refractivity contribution in [2.45, 2.75) is 19.3 Å². The van der Waals surface area contributed by atoms with E-state index in [1.807, 2.05) is 0 Å². The number of hydrogen-bond donors (Lipinski definition) is 3. The van der Waals surface area contributed by atoms with Gasteiger partial charge in [-0.05, 0) is 42.3 Å². The number of rotatable bonds is 9. The van der Waals surface area contributed by atoms with Crippen molar-refractivity contribution in [2.75, 3.05) is 19.6 Å². The number of nitroso groups, excluding NO2 is 1. The lowest BCUT2D eigenvalue weighted by molar-refractivity contribution is -0.127. The minimum atomic E-state index is -0.472. The normalized spacial score (nSPS) is 13.2. The summed E-state index contributed by atoms with van der Waals surface area (Å²) in [6.07, 6.45) is 2.05. The number of ether oxygens (including phenoxy) is 1.